The van der Waals surface area contributed by atoms with Gasteiger partial charge in [0, 0.05) is 17.6 Å². The van der Waals surface area contributed by atoms with Crippen LogP contribution >= 0.6 is 11.6 Å². The fourth-order valence-electron chi connectivity index (χ4n) is 1.44. The molecule has 0 aliphatic heterocycles. The minimum absolute atomic E-state index is 0.515. The van der Waals surface area contributed by atoms with Crippen molar-refractivity contribution in [1.29, 1.82) is 0 Å². The van der Waals surface area contributed by atoms with Crippen LogP contribution in [0.3, 0.4) is 0 Å². The summed E-state index contributed by atoms with van der Waals surface area (Å²) in [5.41, 5.74) is 6.80. The van der Waals surface area contributed by atoms with Crippen LogP contribution in [0.15, 0.2) is 36.5 Å². The van der Waals surface area contributed by atoms with Crippen molar-refractivity contribution in [3.63, 3.8) is 0 Å². The van der Waals surface area contributed by atoms with Crippen molar-refractivity contribution < 1.29 is 0 Å². The number of anilines is 1. The molecule has 16 heavy (non-hydrogen) atoms. The number of benzene rings is 1. The SMILES string of the molecule is Nc1ccnc(CCc2ccc(Cl)cc2)n1. The molecule has 0 saturated heterocycles. The average molecular weight is 234 g/mol. The van der Waals surface area contributed by atoms with Gasteiger partial charge in [0.2, 0.25) is 0 Å². The molecule has 1 aromatic heterocycles. The number of aryl methyl sites for hydroxylation is 2. The Morgan fingerprint density at radius 1 is 1.06 bits per heavy atom. The first-order valence-corrected chi connectivity index (χ1v) is 5.44. The number of halogens is 1. The highest BCUT2D eigenvalue weighted by Gasteiger charge is 1.99. The highest BCUT2D eigenvalue weighted by Crippen LogP contribution is 2.11. The van der Waals surface area contributed by atoms with Crippen LogP contribution < -0.4 is 5.73 Å². The van der Waals surface area contributed by atoms with E-state index in [9.17, 15) is 0 Å². The number of nitrogen functional groups attached to an aromatic ring is 1. The van der Waals surface area contributed by atoms with Gasteiger partial charge in [0.1, 0.15) is 11.6 Å². The maximum atomic E-state index is 5.81. The lowest BCUT2D eigenvalue weighted by Crippen LogP contribution is -2.00. The summed E-state index contributed by atoms with van der Waals surface area (Å²) < 4.78 is 0. The normalized spacial score (nSPS) is 10.3. The molecule has 0 atom stereocenters. The second-order valence-corrected chi connectivity index (χ2v) is 3.96. The molecular formula is C12H12ClN3. The number of aromatic nitrogens is 2. The van der Waals surface area contributed by atoms with E-state index in [1.54, 1.807) is 12.3 Å². The first-order valence-electron chi connectivity index (χ1n) is 5.06. The molecule has 4 heteroatoms. The Bertz CT molecular complexity index is 468. The van der Waals surface area contributed by atoms with Crippen molar-refractivity contribution in [1.82, 2.24) is 9.97 Å². The minimum atomic E-state index is 0.515. The maximum Gasteiger partial charge on any atom is 0.130 e. The monoisotopic (exact) mass is 233 g/mol. The Morgan fingerprint density at radius 3 is 2.50 bits per heavy atom. The van der Waals surface area contributed by atoms with Crippen LogP contribution in [-0.2, 0) is 12.8 Å². The maximum absolute atomic E-state index is 5.81. The molecular weight excluding hydrogens is 222 g/mol. The molecule has 0 radical (unpaired) electrons. The number of hydrogen-bond acceptors (Lipinski definition) is 3. The molecule has 2 rings (SSSR count). The highest BCUT2D eigenvalue weighted by molar-refractivity contribution is 6.30. The molecule has 3 nitrogen and oxygen atoms in total. The Morgan fingerprint density at radius 2 is 1.81 bits per heavy atom. The predicted molar refractivity (Wildman–Crippen MR) is 65.3 cm³/mol. The third-order valence-electron chi connectivity index (χ3n) is 2.28. The van der Waals surface area contributed by atoms with Crippen LogP contribution in [0.4, 0.5) is 5.82 Å². The van der Waals surface area contributed by atoms with Gasteiger partial charge in [-0.15, -0.1) is 0 Å². The van der Waals surface area contributed by atoms with Crippen molar-refractivity contribution in [2.24, 2.45) is 0 Å². The lowest BCUT2D eigenvalue weighted by atomic mass is 10.1. The van der Waals surface area contributed by atoms with Crippen molar-refractivity contribution >= 4 is 17.4 Å². The van der Waals surface area contributed by atoms with Crippen LogP contribution in [0.5, 0.6) is 0 Å². The topological polar surface area (TPSA) is 51.8 Å². The molecule has 2 aromatic rings. The van der Waals surface area contributed by atoms with Gasteiger partial charge in [-0.3, -0.25) is 0 Å². The molecule has 0 amide bonds. The summed E-state index contributed by atoms with van der Waals surface area (Å²) in [5, 5.41) is 0.754. The number of nitrogens with two attached hydrogens (primary N) is 1. The van der Waals surface area contributed by atoms with E-state index < -0.39 is 0 Å². The zero-order valence-corrected chi connectivity index (χ0v) is 9.48. The second kappa shape index (κ2) is 4.94. The molecule has 0 fully saturated rings. The smallest absolute Gasteiger partial charge is 0.130 e. The first-order chi connectivity index (χ1) is 7.74. The lowest BCUT2D eigenvalue weighted by molar-refractivity contribution is 0.861. The summed E-state index contributed by atoms with van der Waals surface area (Å²) in [7, 11) is 0. The molecule has 1 aromatic carbocycles. The van der Waals surface area contributed by atoms with Crippen LogP contribution in [0, 0.1) is 0 Å². The van der Waals surface area contributed by atoms with Gasteiger partial charge in [-0.2, -0.15) is 0 Å². The predicted octanol–water partition coefficient (Wildman–Crippen LogP) is 2.50. The summed E-state index contributed by atoms with van der Waals surface area (Å²) in [6.45, 7) is 0. The number of rotatable bonds is 3. The van der Waals surface area contributed by atoms with Gasteiger partial charge >= 0.3 is 0 Å². The fourth-order valence-corrected chi connectivity index (χ4v) is 1.57. The summed E-state index contributed by atoms with van der Waals surface area (Å²) >= 11 is 5.81. The highest BCUT2D eigenvalue weighted by atomic mass is 35.5. The Balaban J connectivity index is 1.99. The average Bonchev–Trinajstić information content (AvgIpc) is 2.28. The second-order valence-electron chi connectivity index (χ2n) is 3.52. The molecule has 82 valence electrons. The van der Waals surface area contributed by atoms with E-state index in [2.05, 4.69) is 9.97 Å². The van der Waals surface area contributed by atoms with Crippen molar-refractivity contribution in [2.75, 3.05) is 5.73 Å². The van der Waals surface area contributed by atoms with Gasteiger partial charge in [0.25, 0.3) is 0 Å². The van der Waals surface area contributed by atoms with Crippen LogP contribution in [0.1, 0.15) is 11.4 Å². The van der Waals surface area contributed by atoms with Crippen LogP contribution in [0.25, 0.3) is 0 Å². The Hall–Kier alpha value is -1.61. The zero-order valence-electron chi connectivity index (χ0n) is 8.73. The van der Waals surface area contributed by atoms with E-state index in [1.807, 2.05) is 24.3 Å². The number of nitrogens with zero attached hydrogens (tertiary/aromatic N) is 2. The van der Waals surface area contributed by atoms with Gasteiger partial charge in [-0.05, 0) is 30.2 Å². The Labute approximate surface area is 99.3 Å². The van der Waals surface area contributed by atoms with E-state index in [4.69, 9.17) is 17.3 Å². The van der Waals surface area contributed by atoms with Crippen LogP contribution in [0.2, 0.25) is 5.02 Å². The fraction of sp³-hybridized carbons (Fsp3) is 0.167. The zero-order chi connectivity index (χ0) is 11.4. The van der Waals surface area contributed by atoms with E-state index in [0.717, 1.165) is 23.7 Å². The lowest BCUT2D eigenvalue weighted by Gasteiger charge is -2.01. The van der Waals surface area contributed by atoms with Gasteiger partial charge in [-0.25, -0.2) is 9.97 Å². The third kappa shape index (κ3) is 2.94. The van der Waals surface area contributed by atoms with E-state index >= 15 is 0 Å². The summed E-state index contributed by atoms with van der Waals surface area (Å²) in [6.07, 6.45) is 3.35. The van der Waals surface area contributed by atoms with E-state index in [1.165, 1.54) is 5.56 Å². The van der Waals surface area contributed by atoms with Gasteiger partial charge < -0.3 is 5.73 Å². The van der Waals surface area contributed by atoms with E-state index in [0.29, 0.717) is 5.82 Å². The molecule has 0 aliphatic rings. The molecule has 2 N–H and O–H groups in total. The van der Waals surface area contributed by atoms with E-state index in [-0.39, 0.29) is 0 Å². The minimum Gasteiger partial charge on any atom is -0.384 e. The molecule has 0 spiro atoms. The standard InChI is InChI=1S/C12H12ClN3/c13-10-4-1-9(2-5-10)3-6-12-15-8-7-11(14)16-12/h1-2,4-5,7-8H,3,6H2,(H2,14,15,16). The molecule has 0 bridgehead atoms. The van der Waals surface area contributed by atoms with Crippen LogP contribution in [-0.4, -0.2) is 9.97 Å². The molecule has 0 saturated carbocycles. The Kier molecular flexibility index (Phi) is 3.37. The first kappa shape index (κ1) is 10.9. The molecule has 1 heterocycles. The quantitative estimate of drug-likeness (QED) is 0.886. The van der Waals surface area contributed by atoms with Gasteiger partial charge in [-0.1, -0.05) is 23.7 Å². The largest absolute Gasteiger partial charge is 0.384 e. The summed E-state index contributed by atoms with van der Waals surface area (Å²) in [5.74, 6) is 1.29. The molecule has 0 unspecified atom stereocenters. The summed E-state index contributed by atoms with van der Waals surface area (Å²) in [6, 6.07) is 9.48. The van der Waals surface area contributed by atoms with Crippen molar-refractivity contribution in [3.05, 3.63) is 52.9 Å². The van der Waals surface area contributed by atoms with Gasteiger partial charge in [0.05, 0.1) is 0 Å². The summed E-state index contributed by atoms with van der Waals surface area (Å²) in [4.78, 5) is 8.30. The van der Waals surface area contributed by atoms with Crippen molar-refractivity contribution in [3.8, 4) is 0 Å². The third-order valence-corrected chi connectivity index (χ3v) is 2.53. The van der Waals surface area contributed by atoms with Gasteiger partial charge in [0.15, 0.2) is 0 Å². The molecule has 0 aliphatic carbocycles. The number of hydrogen-bond donors (Lipinski definition) is 1. The van der Waals surface area contributed by atoms with Crippen molar-refractivity contribution in [2.45, 2.75) is 12.8 Å².